The molecule has 6 nitrogen and oxygen atoms in total. The van der Waals surface area contributed by atoms with Crippen molar-refractivity contribution in [3.8, 4) is 11.4 Å². The lowest BCUT2D eigenvalue weighted by atomic mass is 10.1. The van der Waals surface area contributed by atoms with Gasteiger partial charge in [0.2, 0.25) is 5.91 Å². The molecule has 4 rings (SSSR count). The molecule has 3 aromatic carbocycles. The van der Waals surface area contributed by atoms with Crippen LogP contribution in [0.4, 0.5) is 0 Å². The second kappa shape index (κ2) is 11.2. The van der Waals surface area contributed by atoms with Gasteiger partial charge < -0.3 is 10.1 Å². The van der Waals surface area contributed by atoms with Gasteiger partial charge in [-0.25, -0.2) is 4.98 Å². The number of methoxy groups -OCH3 is 1. The number of aryl methyl sites for hydroxylation is 1. The van der Waals surface area contributed by atoms with Crippen LogP contribution in [0, 0.1) is 0 Å². The van der Waals surface area contributed by atoms with Crippen molar-refractivity contribution in [2.24, 2.45) is 0 Å². The summed E-state index contributed by atoms with van der Waals surface area (Å²) in [5.41, 5.74) is 2.30. The quantitative estimate of drug-likeness (QED) is 0.265. The Bertz CT molecular complexity index is 1370. The fourth-order valence-electron chi connectivity index (χ4n) is 3.84. The number of amides is 1. The standard InChI is InChI=1S/C28H29N3O3S/c1-19(16-17-21-10-5-4-6-11-21)29-26(32)20(2)35-28-30-25-15-8-7-14-24(25)27(33)31(28)22-12-9-13-23(18-22)34-3/h4-15,18-20H,16-17H2,1-3H3,(H,29,32). The number of hydrogen-bond donors (Lipinski definition) is 1. The van der Waals surface area contributed by atoms with Crippen LogP contribution in [0.1, 0.15) is 25.8 Å². The van der Waals surface area contributed by atoms with Crippen molar-refractivity contribution in [3.63, 3.8) is 0 Å². The molecule has 0 aliphatic rings. The van der Waals surface area contributed by atoms with Crippen molar-refractivity contribution in [3.05, 3.63) is 94.8 Å². The predicted molar refractivity (Wildman–Crippen MR) is 142 cm³/mol. The monoisotopic (exact) mass is 487 g/mol. The zero-order chi connectivity index (χ0) is 24.8. The molecule has 1 amide bonds. The van der Waals surface area contributed by atoms with Gasteiger partial charge in [-0.1, -0.05) is 60.3 Å². The van der Waals surface area contributed by atoms with Crippen molar-refractivity contribution < 1.29 is 9.53 Å². The lowest BCUT2D eigenvalue weighted by Gasteiger charge is -2.19. The molecule has 35 heavy (non-hydrogen) atoms. The van der Waals surface area contributed by atoms with E-state index < -0.39 is 5.25 Å². The molecule has 1 N–H and O–H groups in total. The summed E-state index contributed by atoms with van der Waals surface area (Å²) in [7, 11) is 1.58. The fourth-order valence-corrected chi connectivity index (χ4v) is 4.78. The van der Waals surface area contributed by atoms with E-state index in [4.69, 9.17) is 9.72 Å². The third-order valence-electron chi connectivity index (χ3n) is 5.81. The van der Waals surface area contributed by atoms with Crippen molar-refractivity contribution in [1.29, 1.82) is 0 Å². The molecular weight excluding hydrogens is 458 g/mol. The Hall–Kier alpha value is -3.58. The van der Waals surface area contributed by atoms with E-state index in [0.29, 0.717) is 27.5 Å². The third-order valence-corrected chi connectivity index (χ3v) is 6.86. The van der Waals surface area contributed by atoms with Crippen LogP contribution in [0.3, 0.4) is 0 Å². The number of aromatic nitrogens is 2. The molecule has 0 aliphatic carbocycles. The molecule has 7 heteroatoms. The maximum Gasteiger partial charge on any atom is 0.266 e. The van der Waals surface area contributed by atoms with E-state index >= 15 is 0 Å². The smallest absolute Gasteiger partial charge is 0.266 e. The number of benzene rings is 3. The van der Waals surface area contributed by atoms with Crippen LogP contribution < -0.4 is 15.6 Å². The van der Waals surface area contributed by atoms with Gasteiger partial charge in [-0.2, -0.15) is 0 Å². The number of fused-ring (bicyclic) bond motifs is 1. The minimum atomic E-state index is -0.445. The van der Waals surface area contributed by atoms with Crippen LogP contribution in [0.2, 0.25) is 0 Å². The Morgan fingerprint density at radius 3 is 2.54 bits per heavy atom. The molecule has 0 saturated carbocycles. The highest BCUT2D eigenvalue weighted by Gasteiger charge is 2.21. The van der Waals surface area contributed by atoms with Crippen LogP contribution in [-0.4, -0.2) is 33.9 Å². The summed E-state index contributed by atoms with van der Waals surface area (Å²) in [5.74, 6) is 0.548. The fraction of sp³-hybridized carbons (Fsp3) is 0.250. The number of hydrogen-bond acceptors (Lipinski definition) is 5. The maximum atomic E-state index is 13.5. The van der Waals surface area contributed by atoms with Gasteiger partial charge in [-0.3, -0.25) is 14.2 Å². The molecule has 0 bridgehead atoms. The zero-order valence-corrected chi connectivity index (χ0v) is 20.9. The molecule has 0 aliphatic heterocycles. The van der Waals surface area contributed by atoms with E-state index in [1.807, 2.05) is 68.4 Å². The molecule has 2 atom stereocenters. The van der Waals surface area contributed by atoms with Gasteiger partial charge in [0.1, 0.15) is 5.75 Å². The Balaban J connectivity index is 1.56. The van der Waals surface area contributed by atoms with Gasteiger partial charge >= 0.3 is 0 Å². The Labute approximate surface area is 209 Å². The first-order valence-electron chi connectivity index (χ1n) is 11.6. The van der Waals surface area contributed by atoms with Crippen LogP contribution in [0.25, 0.3) is 16.6 Å². The van der Waals surface area contributed by atoms with Crippen molar-refractivity contribution in [2.45, 2.75) is 43.1 Å². The number of carbonyl (C=O) groups excluding carboxylic acids is 1. The van der Waals surface area contributed by atoms with Crippen LogP contribution in [0.15, 0.2) is 88.8 Å². The lowest BCUT2D eigenvalue weighted by Crippen LogP contribution is -2.38. The SMILES string of the molecule is COc1cccc(-n2c(SC(C)C(=O)NC(C)CCc3ccccc3)nc3ccccc3c2=O)c1. The van der Waals surface area contributed by atoms with Gasteiger partial charge in [0.25, 0.3) is 5.56 Å². The first-order valence-corrected chi connectivity index (χ1v) is 12.5. The topological polar surface area (TPSA) is 73.2 Å². The van der Waals surface area contributed by atoms with E-state index in [2.05, 4.69) is 17.4 Å². The number of para-hydroxylation sites is 1. The van der Waals surface area contributed by atoms with E-state index in [1.54, 1.807) is 23.8 Å². The van der Waals surface area contributed by atoms with Gasteiger partial charge in [-0.05, 0) is 56.5 Å². The van der Waals surface area contributed by atoms with Crippen molar-refractivity contribution >= 4 is 28.6 Å². The Morgan fingerprint density at radius 2 is 1.77 bits per heavy atom. The number of nitrogens with zero attached hydrogens (tertiary/aromatic N) is 2. The van der Waals surface area contributed by atoms with E-state index in [-0.39, 0.29) is 17.5 Å². The Morgan fingerprint density at radius 1 is 1.03 bits per heavy atom. The lowest BCUT2D eigenvalue weighted by molar-refractivity contribution is -0.120. The van der Waals surface area contributed by atoms with Crippen molar-refractivity contribution in [1.82, 2.24) is 14.9 Å². The Kier molecular flexibility index (Phi) is 7.87. The number of rotatable bonds is 9. The molecule has 4 aromatic rings. The molecule has 1 aromatic heterocycles. The first-order chi connectivity index (χ1) is 17.0. The maximum absolute atomic E-state index is 13.5. The van der Waals surface area contributed by atoms with Gasteiger partial charge in [-0.15, -0.1) is 0 Å². The van der Waals surface area contributed by atoms with Crippen LogP contribution in [-0.2, 0) is 11.2 Å². The number of thioether (sulfide) groups is 1. The summed E-state index contributed by atoms with van der Waals surface area (Å²) in [4.78, 5) is 31.2. The largest absolute Gasteiger partial charge is 0.497 e. The molecule has 0 spiro atoms. The van der Waals surface area contributed by atoms with E-state index in [9.17, 15) is 9.59 Å². The third kappa shape index (κ3) is 5.92. The average Bonchev–Trinajstić information content (AvgIpc) is 2.88. The summed E-state index contributed by atoms with van der Waals surface area (Å²) in [6.45, 7) is 3.85. The number of carbonyl (C=O) groups is 1. The highest BCUT2D eigenvalue weighted by molar-refractivity contribution is 8.00. The second-order valence-electron chi connectivity index (χ2n) is 8.45. The number of ether oxygens (including phenoxy) is 1. The minimum absolute atomic E-state index is 0.0240. The molecule has 180 valence electrons. The molecular formula is C28H29N3O3S. The van der Waals surface area contributed by atoms with Gasteiger partial charge in [0, 0.05) is 12.1 Å². The summed E-state index contributed by atoms with van der Waals surface area (Å²) >= 11 is 1.27. The molecule has 1 heterocycles. The highest BCUT2D eigenvalue weighted by atomic mass is 32.2. The molecule has 0 fully saturated rings. The van der Waals surface area contributed by atoms with Gasteiger partial charge in [0.05, 0.1) is 29.0 Å². The van der Waals surface area contributed by atoms with Crippen molar-refractivity contribution in [2.75, 3.05) is 7.11 Å². The van der Waals surface area contributed by atoms with Gasteiger partial charge in [0.15, 0.2) is 5.16 Å². The first kappa shape index (κ1) is 24.5. The summed E-state index contributed by atoms with van der Waals surface area (Å²) < 4.78 is 6.91. The van der Waals surface area contributed by atoms with E-state index in [1.165, 1.54) is 17.3 Å². The average molecular weight is 488 g/mol. The zero-order valence-electron chi connectivity index (χ0n) is 20.1. The molecule has 2 unspecified atom stereocenters. The normalized spacial score (nSPS) is 12.8. The van der Waals surface area contributed by atoms with Crippen LogP contribution in [0.5, 0.6) is 5.75 Å². The minimum Gasteiger partial charge on any atom is -0.497 e. The number of nitrogens with one attached hydrogen (secondary N) is 1. The summed E-state index contributed by atoms with van der Waals surface area (Å²) in [6, 6.07) is 24.8. The highest BCUT2D eigenvalue weighted by Crippen LogP contribution is 2.26. The predicted octanol–water partition coefficient (Wildman–Crippen LogP) is 5.01. The van der Waals surface area contributed by atoms with Crippen LogP contribution >= 0.6 is 11.8 Å². The summed E-state index contributed by atoms with van der Waals surface area (Å²) in [6.07, 6.45) is 1.74. The van der Waals surface area contributed by atoms with E-state index in [0.717, 1.165) is 12.8 Å². The molecule has 0 saturated heterocycles. The second-order valence-corrected chi connectivity index (χ2v) is 9.76. The summed E-state index contributed by atoms with van der Waals surface area (Å²) in [5, 5.41) is 3.64. The molecule has 0 radical (unpaired) electrons.